The Bertz CT molecular complexity index is 1060. The maximum Gasteiger partial charge on any atom is 0.269 e. The van der Waals surface area contributed by atoms with Gasteiger partial charge in [0, 0.05) is 41.3 Å². The van der Waals surface area contributed by atoms with Gasteiger partial charge in [-0.15, -0.1) is 0 Å². The van der Waals surface area contributed by atoms with Gasteiger partial charge in [0.05, 0.1) is 17.2 Å². The SMILES string of the molecule is N#CCC(=O)N/N=C\c1cn(Cc2ccc([N+](=O)[O-])cc2)c2ccccc12. The minimum Gasteiger partial charge on any atom is -0.342 e. The molecule has 0 spiro atoms. The number of nitro groups is 1. The molecule has 0 bridgehead atoms. The van der Waals surface area contributed by atoms with Gasteiger partial charge in [-0.2, -0.15) is 10.4 Å². The lowest BCUT2D eigenvalue weighted by atomic mass is 10.2. The van der Waals surface area contributed by atoms with Gasteiger partial charge >= 0.3 is 0 Å². The van der Waals surface area contributed by atoms with E-state index >= 15 is 0 Å². The summed E-state index contributed by atoms with van der Waals surface area (Å²) in [5.74, 6) is -0.469. The molecule has 3 aromatic rings. The number of nitriles is 1. The van der Waals surface area contributed by atoms with E-state index in [0.717, 1.165) is 22.0 Å². The lowest BCUT2D eigenvalue weighted by Crippen LogP contribution is -2.16. The fraction of sp³-hybridized carbons (Fsp3) is 0.105. The molecular formula is C19H15N5O3. The summed E-state index contributed by atoms with van der Waals surface area (Å²) in [5.41, 5.74) is 5.07. The summed E-state index contributed by atoms with van der Waals surface area (Å²) in [5, 5.41) is 24.1. The van der Waals surface area contributed by atoms with Crippen LogP contribution in [0.25, 0.3) is 10.9 Å². The van der Waals surface area contributed by atoms with Gasteiger partial charge in [0.2, 0.25) is 0 Å². The number of carbonyl (C=O) groups excluding carboxylic acids is 1. The second-order valence-corrected chi connectivity index (χ2v) is 5.78. The Morgan fingerprint density at radius 3 is 2.70 bits per heavy atom. The predicted octanol–water partition coefficient (Wildman–Crippen LogP) is 2.96. The van der Waals surface area contributed by atoms with Crippen LogP contribution in [0.4, 0.5) is 5.69 Å². The molecule has 0 saturated carbocycles. The molecule has 0 radical (unpaired) electrons. The molecule has 1 N–H and O–H groups in total. The molecule has 1 aromatic heterocycles. The van der Waals surface area contributed by atoms with Crippen molar-refractivity contribution in [3.8, 4) is 6.07 Å². The molecular weight excluding hydrogens is 346 g/mol. The standard InChI is InChI=1S/C19H15N5O3/c20-10-9-19(25)22-21-11-15-13-23(18-4-2-1-3-17(15)18)12-14-5-7-16(8-6-14)24(26)27/h1-8,11,13H,9,12H2,(H,22,25)/b21-11-. The van der Waals surface area contributed by atoms with Crippen molar-refractivity contribution in [3.05, 3.63) is 76.0 Å². The monoisotopic (exact) mass is 361 g/mol. The number of carbonyl (C=O) groups is 1. The number of fused-ring (bicyclic) bond motifs is 1. The first-order valence-electron chi connectivity index (χ1n) is 8.08. The number of non-ortho nitro benzene ring substituents is 1. The minimum atomic E-state index is -0.469. The lowest BCUT2D eigenvalue weighted by Gasteiger charge is -2.05. The number of rotatable bonds is 6. The van der Waals surface area contributed by atoms with E-state index in [1.165, 1.54) is 18.3 Å². The van der Waals surface area contributed by atoms with Gasteiger partial charge in [0.15, 0.2) is 0 Å². The molecule has 27 heavy (non-hydrogen) atoms. The predicted molar refractivity (Wildman–Crippen MR) is 100 cm³/mol. The maximum atomic E-state index is 11.3. The van der Waals surface area contributed by atoms with Crippen molar-refractivity contribution < 1.29 is 9.72 Å². The minimum absolute atomic E-state index is 0.0528. The third kappa shape index (κ3) is 4.16. The van der Waals surface area contributed by atoms with Crippen molar-refractivity contribution in [2.45, 2.75) is 13.0 Å². The zero-order chi connectivity index (χ0) is 19.2. The third-order valence-electron chi connectivity index (χ3n) is 3.95. The molecule has 1 heterocycles. The summed E-state index contributed by atoms with van der Waals surface area (Å²) in [7, 11) is 0. The second-order valence-electron chi connectivity index (χ2n) is 5.78. The highest BCUT2D eigenvalue weighted by Gasteiger charge is 2.09. The van der Waals surface area contributed by atoms with Crippen LogP contribution in [0.15, 0.2) is 59.8 Å². The van der Waals surface area contributed by atoms with Gasteiger partial charge in [-0.05, 0) is 11.6 Å². The van der Waals surface area contributed by atoms with Crippen molar-refractivity contribution >= 4 is 28.7 Å². The van der Waals surface area contributed by atoms with Crippen LogP contribution in [0.3, 0.4) is 0 Å². The number of hydrogen-bond donors (Lipinski definition) is 1. The summed E-state index contributed by atoms with van der Waals surface area (Å²) < 4.78 is 2.01. The Labute approximate surface area is 154 Å². The molecule has 0 aliphatic carbocycles. The highest BCUT2D eigenvalue weighted by atomic mass is 16.6. The van der Waals surface area contributed by atoms with Crippen LogP contribution < -0.4 is 5.43 Å². The van der Waals surface area contributed by atoms with E-state index in [1.54, 1.807) is 18.2 Å². The summed E-state index contributed by atoms with van der Waals surface area (Å²) in [6.45, 7) is 0.535. The van der Waals surface area contributed by atoms with Crippen LogP contribution in [-0.4, -0.2) is 21.6 Å². The molecule has 8 nitrogen and oxygen atoms in total. The molecule has 0 fully saturated rings. The smallest absolute Gasteiger partial charge is 0.269 e. The Morgan fingerprint density at radius 2 is 2.00 bits per heavy atom. The van der Waals surface area contributed by atoms with Gasteiger partial charge in [0.1, 0.15) is 6.42 Å². The van der Waals surface area contributed by atoms with Crippen LogP contribution in [-0.2, 0) is 11.3 Å². The molecule has 0 aliphatic heterocycles. The van der Waals surface area contributed by atoms with Crippen molar-refractivity contribution in [1.82, 2.24) is 9.99 Å². The first kappa shape index (κ1) is 17.8. The van der Waals surface area contributed by atoms with Crippen LogP contribution >= 0.6 is 0 Å². The molecule has 2 aromatic carbocycles. The Morgan fingerprint density at radius 1 is 1.26 bits per heavy atom. The molecule has 0 saturated heterocycles. The number of amides is 1. The van der Waals surface area contributed by atoms with E-state index in [0.29, 0.717) is 6.54 Å². The fourth-order valence-corrected chi connectivity index (χ4v) is 2.71. The topological polar surface area (TPSA) is 113 Å². The van der Waals surface area contributed by atoms with Crippen molar-refractivity contribution in [2.24, 2.45) is 5.10 Å². The maximum absolute atomic E-state index is 11.3. The van der Waals surface area contributed by atoms with Crippen molar-refractivity contribution in [3.63, 3.8) is 0 Å². The first-order chi connectivity index (χ1) is 13.1. The highest BCUT2D eigenvalue weighted by Crippen LogP contribution is 2.22. The highest BCUT2D eigenvalue weighted by molar-refractivity contribution is 5.99. The van der Waals surface area contributed by atoms with Crippen LogP contribution in [0.1, 0.15) is 17.5 Å². The quantitative estimate of drug-likeness (QED) is 0.413. The number of benzene rings is 2. The molecule has 0 unspecified atom stereocenters. The first-order valence-corrected chi connectivity index (χ1v) is 8.08. The number of nitrogens with one attached hydrogen (secondary N) is 1. The third-order valence-corrected chi connectivity index (χ3v) is 3.95. The van der Waals surface area contributed by atoms with E-state index < -0.39 is 10.8 Å². The second kappa shape index (κ2) is 7.93. The van der Waals surface area contributed by atoms with Crippen molar-refractivity contribution in [2.75, 3.05) is 0 Å². The zero-order valence-corrected chi connectivity index (χ0v) is 14.2. The molecule has 0 aliphatic rings. The van der Waals surface area contributed by atoms with Crippen LogP contribution in [0.2, 0.25) is 0 Å². The summed E-state index contributed by atoms with van der Waals surface area (Å²) in [6, 6.07) is 15.9. The number of nitro benzene ring substituents is 1. The Kier molecular flexibility index (Phi) is 5.23. The van der Waals surface area contributed by atoms with Gasteiger partial charge in [0.25, 0.3) is 11.6 Å². The van der Waals surface area contributed by atoms with Gasteiger partial charge < -0.3 is 4.57 Å². The van der Waals surface area contributed by atoms with Gasteiger partial charge in [-0.25, -0.2) is 5.43 Å². The van der Waals surface area contributed by atoms with Gasteiger partial charge in [-0.3, -0.25) is 14.9 Å². The number of aromatic nitrogens is 1. The molecule has 8 heteroatoms. The van der Waals surface area contributed by atoms with Crippen LogP contribution in [0, 0.1) is 21.4 Å². The molecule has 0 atom stereocenters. The molecule has 3 rings (SSSR count). The van der Waals surface area contributed by atoms with E-state index in [-0.39, 0.29) is 12.1 Å². The average molecular weight is 361 g/mol. The van der Waals surface area contributed by atoms with E-state index in [4.69, 9.17) is 5.26 Å². The summed E-state index contributed by atoms with van der Waals surface area (Å²) >= 11 is 0. The summed E-state index contributed by atoms with van der Waals surface area (Å²) in [6.07, 6.45) is 3.18. The Balaban J connectivity index is 1.86. The zero-order valence-electron chi connectivity index (χ0n) is 14.2. The fourth-order valence-electron chi connectivity index (χ4n) is 2.71. The lowest BCUT2D eigenvalue weighted by molar-refractivity contribution is -0.384. The van der Waals surface area contributed by atoms with E-state index in [1.807, 2.05) is 35.0 Å². The number of nitrogens with zero attached hydrogens (tertiary/aromatic N) is 4. The molecule has 1 amide bonds. The number of hydrogen-bond acceptors (Lipinski definition) is 5. The van der Waals surface area contributed by atoms with E-state index in [2.05, 4.69) is 10.5 Å². The normalized spacial score (nSPS) is 10.8. The van der Waals surface area contributed by atoms with Crippen molar-refractivity contribution in [1.29, 1.82) is 5.26 Å². The number of para-hydroxylation sites is 1. The number of hydrazone groups is 1. The van der Waals surface area contributed by atoms with Crippen LogP contribution in [0.5, 0.6) is 0 Å². The average Bonchev–Trinajstić information content (AvgIpc) is 3.00. The largest absolute Gasteiger partial charge is 0.342 e. The van der Waals surface area contributed by atoms with Gasteiger partial charge in [-0.1, -0.05) is 30.3 Å². The summed E-state index contributed by atoms with van der Waals surface area (Å²) in [4.78, 5) is 21.7. The molecule has 134 valence electrons. The van der Waals surface area contributed by atoms with E-state index in [9.17, 15) is 14.9 Å². The Hall–Kier alpha value is -3.99.